The molecule has 2 rings (SSSR count). The Morgan fingerprint density at radius 3 is 2.80 bits per heavy atom. The Balaban J connectivity index is 2.23. The van der Waals surface area contributed by atoms with Crippen LogP contribution < -0.4 is 0 Å². The third-order valence-electron chi connectivity index (χ3n) is 2.60. The van der Waals surface area contributed by atoms with Gasteiger partial charge in [0.2, 0.25) is 0 Å². The van der Waals surface area contributed by atoms with Crippen LogP contribution in [-0.4, -0.2) is 20.0 Å². The molecule has 0 radical (unpaired) electrons. The van der Waals surface area contributed by atoms with E-state index in [1.54, 1.807) is 0 Å². The van der Waals surface area contributed by atoms with Crippen LogP contribution in [0.4, 0.5) is 0 Å². The second-order valence-corrected chi connectivity index (χ2v) is 3.79. The molecule has 0 aromatic carbocycles. The Morgan fingerprint density at radius 1 is 1.47 bits per heavy atom. The van der Waals surface area contributed by atoms with Crippen molar-refractivity contribution >= 4 is 0 Å². The predicted octanol–water partition coefficient (Wildman–Crippen LogP) is 2.09. The van der Waals surface area contributed by atoms with Crippen LogP contribution in [0.1, 0.15) is 36.8 Å². The number of rotatable bonds is 3. The molecule has 0 amide bonds. The molecule has 4 nitrogen and oxygen atoms in total. The molecule has 0 aliphatic heterocycles. The molecule has 4 heteroatoms. The smallest absolute Gasteiger partial charge is 0.0713 e. The van der Waals surface area contributed by atoms with Gasteiger partial charge in [-0.2, -0.15) is 10.2 Å². The predicted molar refractivity (Wildman–Crippen MR) is 58.7 cm³/mol. The van der Waals surface area contributed by atoms with E-state index in [4.69, 9.17) is 0 Å². The first-order chi connectivity index (χ1) is 7.20. The molecule has 1 N–H and O–H groups in total. The maximum Gasteiger partial charge on any atom is 0.0713 e. The number of hydrogen-bond donors (Lipinski definition) is 1. The summed E-state index contributed by atoms with van der Waals surface area (Å²) in [4.78, 5) is 0. The normalized spacial score (nSPS) is 13.0. The van der Waals surface area contributed by atoms with Crippen molar-refractivity contribution in [1.82, 2.24) is 20.0 Å². The van der Waals surface area contributed by atoms with Gasteiger partial charge in [-0.25, -0.2) is 0 Å². The lowest BCUT2D eigenvalue weighted by Crippen LogP contribution is -2.00. The molecular weight excluding hydrogens is 188 g/mol. The van der Waals surface area contributed by atoms with Gasteiger partial charge in [-0.15, -0.1) is 0 Å². The van der Waals surface area contributed by atoms with Crippen molar-refractivity contribution in [2.45, 2.75) is 33.2 Å². The topological polar surface area (TPSA) is 46.5 Å². The van der Waals surface area contributed by atoms with Crippen LogP contribution in [0, 0.1) is 6.92 Å². The van der Waals surface area contributed by atoms with Gasteiger partial charge in [0, 0.05) is 24.4 Å². The second kappa shape index (κ2) is 3.88. The zero-order chi connectivity index (χ0) is 10.8. The summed E-state index contributed by atoms with van der Waals surface area (Å²) in [6.45, 7) is 7.12. The Hall–Kier alpha value is -1.58. The number of nitrogens with zero attached hydrogens (tertiary/aromatic N) is 3. The van der Waals surface area contributed by atoms with Crippen molar-refractivity contribution in [2.24, 2.45) is 0 Å². The highest BCUT2D eigenvalue weighted by Gasteiger charge is 2.13. The van der Waals surface area contributed by atoms with Gasteiger partial charge in [-0.3, -0.25) is 9.78 Å². The van der Waals surface area contributed by atoms with Gasteiger partial charge in [0.25, 0.3) is 0 Å². The molecular formula is C11H16N4. The van der Waals surface area contributed by atoms with E-state index in [1.165, 1.54) is 0 Å². The van der Waals surface area contributed by atoms with Gasteiger partial charge in [-0.1, -0.05) is 6.92 Å². The Bertz CT molecular complexity index is 441. The van der Waals surface area contributed by atoms with Crippen LogP contribution in [0.15, 0.2) is 18.3 Å². The molecule has 0 saturated carbocycles. The van der Waals surface area contributed by atoms with Gasteiger partial charge in [0.1, 0.15) is 0 Å². The van der Waals surface area contributed by atoms with Gasteiger partial charge in [-0.05, 0) is 26.0 Å². The molecule has 0 fully saturated rings. The SMILES string of the molecule is CCn1ccc(C(C)c2cc(C)[nH]n2)n1. The maximum atomic E-state index is 4.48. The number of aryl methyl sites for hydroxylation is 2. The molecule has 0 aliphatic carbocycles. The van der Waals surface area contributed by atoms with Crippen molar-refractivity contribution in [1.29, 1.82) is 0 Å². The molecule has 0 aliphatic rings. The highest BCUT2D eigenvalue weighted by atomic mass is 15.3. The van der Waals surface area contributed by atoms with E-state index in [1.807, 2.05) is 17.8 Å². The zero-order valence-electron chi connectivity index (χ0n) is 9.36. The summed E-state index contributed by atoms with van der Waals surface area (Å²) < 4.78 is 1.94. The number of aromatic amines is 1. The first-order valence-corrected chi connectivity index (χ1v) is 5.26. The Kier molecular flexibility index (Phi) is 2.58. The molecule has 2 heterocycles. The quantitative estimate of drug-likeness (QED) is 0.832. The number of hydrogen-bond acceptors (Lipinski definition) is 2. The van der Waals surface area contributed by atoms with Crippen LogP contribution >= 0.6 is 0 Å². The van der Waals surface area contributed by atoms with Gasteiger partial charge >= 0.3 is 0 Å². The third kappa shape index (κ3) is 1.93. The monoisotopic (exact) mass is 204 g/mol. The zero-order valence-corrected chi connectivity index (χ0v) is 9.36. The fourth-order valence-electron chi connectivity index (χ4n) is 1.60. The minimum absolute atomic E-state index is 0.253. The number of aromatic nitrogens is 4. The summed E-state index contributed by atoms with van der Waals surface area (Å²) >= 11 is 0. The van der Waals surface area contributed by atoms with E-state index in [0.717, 1.165) is 23.6 Å². The minimum Gasteiger partial charge on any atom is -0.283 e. The van der Waals surface area contributed by atoms with E-state index < -0.39 is 0 Å². The first kappa shape index (κ1) is 9.96. The maximum absolute atomic E-state index is 4.48. The molecule has 0 saturated heterocycles. The van der Waals surface area contributed by atoms with Gasteiger partial charge in [0.05, 0.1) is 11.4 Å². The van der Waals surface area contributed by atoms with E-state index >= 15 is 0 Å². The summed E-state index contributed by atoms with van der Waals surface area (Å²) in [6.07, 6.45) is 2.01. The fourth-order valence-corrected chi connectivity index (χ4v) is 1.60. The molecule has 15 heavy (non-hydrogen) atoms. The van der Waals surface area contributed by atoms with Crippen molar-refractivity contribution in [2.75, 3.05) is 0 Å². The first-order valence-electron chi connectivity index (χ1n) is 5.26. The lowest BCUT2D eigenvalue weighted by Gasteiger charge is -2.03. The van der Waals surface area contributed by atoms with Crippen LogP contribution in [0.25, 0.3) is 0 Å². The van der Waals surface area contributed by atoms with Gasteiger partial charge < -0.3 is 0 Å². The molecule has 1 unspecified atom stereocenters. The molecule has 0 spiro atoms. The van der Waals surface area contributed by atoms with Gasteiger partial charge in [0.15, 0.2) is 0 Å². The summed E-state index contributed by atoms with van der Waals surface area (Å²) in [5.74, 6) is 0.253. The molecule has 1 atom stereocenters. The van der Waals surface area contributed by atoms with Crippen LogP contribution in [0.2, 0.25) is 0 Å². The second-order valence-electron chi connectivity index (χ2n) is 3.79. The standard InChI is InChI=1S/C11H16N4/c1-4-15-6-5-10(14-15)9(3)11-7-8(2)12-13-11/h5-7,9H,4H2,1-3H3,(H,12,13). The summed E-state index contributed by atoms with van der Waals surface area (Å²) in [5, 5.41) is 11.7. The lowest BCUT2D eigenvalue weighted by molar-refractivity contribution is 0.638. The van der Waals surface area contributed by atoms with E-state index in [2.05, 4.69) is 41.3 Å². The van der Waals surface area contributed by atoms with Crippen molar-refractivity contribution < 1.29 is 0 Å². The third-order valence-corrected chi connectivity index (χ3v) is 2.60. The van der Waals surface area contributed by atoms with E-state index in [-0.39, 0.29) is 5.92 Å². The molecule has 2 aromatic heterocycles. The van der Waals surface area contributed by atoms with Crippen LogP contribution in [0.5, 0.6) is 0 Å². The van der Waals surface area contributed by atoms with E-state index in [0.29, 0.717) is 0 Å². The highest BCUT2D eigenvalue weighted by molar-refractivity contribution is 5.21. The van der Waals surface area contributed by atoms with Crippen molar-refractivity contribution in [3.63, 3.8) is 0 Å². The van der Waals surface area contributed by atoms with Crippen LogP contribution in [0.3, 0.4) is 0 Å². The highest BCUT2D eigenvalue weighted by Crippen LogP contribution is 2.20. The minimum atomic E-state index is 0.253. The number of nitrogens with one attached hydrogen (secondary N) is 1. The van der Waals surface area contributed by atoms with Crippen molar-refractivity contribution in [3.8, 4) is 0 Å². The summed E-state index contributed by atoms with van der Waals surface area (Å²) in [7, 11) is 0. The average Bonchev–Trinajstić information content (AvgIpc) is 2.84. The number of H-pyrrole nitrogens is 1. The summed E-state index contributed by atoms with van der Waals surface area (Å²) in [5.41, 5.74) is 3.21. The summed E-state index contributed by atoms with van der Waals surface area (Å²) in [6, 6.07) is 4.12. The molecule has 2 aromatic rings. The van der Waals surface area contributed by atoms with Crippen molar-refractivity contribution in [3.05, 3.63) is 35.4 Å². The average molecular weight is 204 g/mol. The molecule has 0 bridgehead atoms. The van der Waals surface area contributed by atoms with E-state index in [9.17, 15) is 0 Å². The Morgan fingerprint density at radius 2 is 2.27 bits per heavy atom. The molecule has 80 valence electrons. The fraction of sp³-hybridized carbons (Fsp3) is 0.455. The van der Waals surface area contributed by atoms with Crippen LogP contribution in [-0.2, 0) is 6.54 Å². The largest absolute Gasteiger partial charge is 0.283 e. The Labute approximate surface area is 89.3 Å². The lowest BCUT2D eigenvalue weighted by atomic mass is 10.0.